The monoisotopic (exact) mass is 248 g/mol. The third-order valence-corrected chi connectivity index (χ3v) is 3.23. The largest absolute Gasteiger partial charge is 0.378 e. The number of carbonyl (C=O) groups is 1. The first-order valence-electron chi connectivity index (χ1n) is 6.42. The van der Waals surface area contributed by atoms with Crippen molar-refractivity contribution in [3.8, 4) is 0 Å². The van der Waals surface area contributed by atoms with Gasteiger partial charge in [-0.2, -0.15) is 0 Å². The fraction of sp³-hybridized carbons (Fsp3) is 0.571. The first kappa shape index (κ1) is 13.0. The zero-order chi connectivity index (χ0) is 13.1. The summed E-state index contributed by atoms with van der Waals surface area (Å²) >= 11 is 0. The quantitative estimate of drug-likeness (QED) is 0.894. The minimum Gasteiger partial charge on any atom is -0.378 e. The molecular weight excluding hydrogens is 228 g/mol. The number of nitrogens with zero attached hydrogens (tertiary/aromatic N) is 1. The topological polar surface area (TPSA) is 51.2 Å². The second-order valence-electron chi connectivity index (χ2n) is 4.93. The van der Waals surface area contributed by atoms with Crippen LogP contribution in [0.15, 0.2) is 6.07 Å². The van der Waals surface area contributed by atoms with Crippen molar-refractivity contribution in [2.45, 2.75) is 46.1 Å². The van der Waals surface area contributed by atoms with Crippen molar-refractivity contribution < 1.29 is 9.53 Å². The van der Waals surface area contributed by atoms with Crippen LogP contribution in [0, 0.1) is 20.8 Å². The van der Waals surface area contributed by atoms with Gasteiger partial charge in [-0.25, -0.2) is 0 Å². The Morgan fingerprint density at radius 3 is 2.89 bits per heavy atom. The number of hydrogen-bond acceptors (Lipinski definition) is 3. The van der Waals surface area contributed by atoms with E-state index in [0.717, 1.165) is 42.1 Å². The first-order chi connectivity index (χ1) is 8.56. The van der Waals surface area contributed by atoms with E-state index in [2.05, 4.69) is 10.3 Å². The minimum atomic E-state index is 0.0127. The summed E-state index contributed by atoms with van der Waals surface area (Å²) in [6.45, 7) is 6.64. The van der Waals surface area contributed by atoms with Gasteiger partial charge < -0.3 is 10.1 Å². The molecule has 4 heteroatoms. The lowest BCUT2D eigenvalue weighted by Gasteiger charge is -2.13. The normalized spacial score (nSPS) is 18.9. The highest BCUT2D eigenvalue weighted by Gasteiger charge is 2.19. The molecule has 1 fully saturated rings. The number of nitrogens with one attached hydrogen (secondary N) is 1. The number of anilines is 1. The Kier molecular flexibility index (Phi) is 3.97. The van der Waals surface area contributed by atoms with Crippen molar-refractivity contribution in [1.82, 2.24) is 4.98 Å². The van der Waals surface area contributed by atoms with Gasteiger partial charge in [-0.15, -0.1) is 0 Å². The van der Waals surface area contributed by atoms with Gasteiger partial charge in [0.1, 0.15) is 0 Å². The Labute approximate surface area is 108 Å². The van der Waals surface area contributed by atoms with E-state index in [0.29, 0.717) is 6.42 Å². The number of hydrogen-bond donors (Lipinski definition) is 1. The van der Waals surface area contributed by atoms with Gasteiger partial charge in [-0.3, -0.25) is 9.78 Å². The molecule has 0 radical (unpaired) electrons. The molecule has 98 valence electrons. The van der Waals surface area contributed by atoms with Gasteiger partial charge in [-0.05, 0) is 45.2 Å². The average Bonchev–Trinajstić information content (AvgIpc) is 2.76. The maximum atomic E-state index is 11.9. The number of amides is 1. The third-order valence-electron chi connectivity index (χ3n) is 3.23. The number of pyridine rings is 1. The maximum absolute atomic E-state index is 11.9. The molecule has 2 heterocycles. The highest BCUT2D eigenvalue weighted by molar-refractivity contribution is 5.92. The summed E-state index contributed by atoms with van der Waals surface area (Å²) in [5.41, 5.74) is 3.74. The summed E-state index contributed by atoms with van der Waals surface area (Å²) in [4.78, 5) is 16.3. The fourth-order valence-corrected chi connectivity index (χ4v) is 2.42. The molecule has 1 atom stereocenters. The second kappa shape index (κ2) is 5.48. The van der Waals surface area contributed by atoms with E-state index in [1.807, 2.05) is 26.8 Å². The lowest BCUT2D eigenvalue weighted by atomic mass is 10.1. The predicted molar refractivity (Wildman–Crippen MR) is 70.7 cm³/mol. The van der Waals surface area contributed by atoms with Gasteiger partial charge in [0.05, 0.1) is 23.9 Å². The van der Waals surface area contributed by atoms with Crippen LogP contribution in [0.1, 0.15) is 36.2 Å². The summed E-state index contributed by atoms with van der Waals surface area (Å²) < 4.78 is 5.46. The van der Waals surface area contributed by atoms with Gasteiger partial charge in [-0.1, -0.05) is 0 Å². The molecule has 0 saturated carbocycles. The molecular formula is C14H20N2O2. The van der Waals surface area contributed by atoms with Gasteiger partial charge in [0.25, 0.3) is 0 Å². The summed E-state index contributed by atoms with van der Waals surface area (Å²) in [5, 5.41) is 2.95. The van der Waals surface area contributed by atoms with E-state index >= 15 is 0 Å². The molecule has 0 aliphatic carbocycles. The van der Waals surface area contributed by atoms with Crippen molar-refractivity contribution in [3.63, 3.8) is 0 Å². The Hall–Kier alpha value is -1.42. The molecule has 0 bridgehead atoms. The lowest BCUT2D eigenvalue weighted by molar-refractivity contribution is -0.118. The molecule has 1 aromatic heterocycles. The van der Waals surface area contributed by atoms with Crippen LogP contribution in [-0.4, -0.2) is 23.6 Å². The van der Waals surface area contributed by atoms with E-state index in [9.17, 15) is 4.79 Å². The smallest absolute Gasteiger partial charge is 0.227 e. The van der Waals surface area contributed by atoms with Crippen LogP contribution < -0.4 is 5.32 Å². The fourth-order valence-electron chi connectivity index (χ4n) is 2.42. The van der Waals surface area contributed by atoms with Gasteiger partial charge in [0, 0.05) is 12.3 Å². The van der Waals surface area contributed by atoms with Crippen molar-refractivity contribution in [2.75, 3.05) is 11.9 Å². The summed E-state index contributed by atoms with van der Waals surface area (Å²) in [5.74, 6) is 0.0127. The van der Waals surface area contributed by atoms with Crippen molar-refractivity contribution in [3.05, 3.63) is 23.0 Å². The minimum absolute atomic E-state index is 0.0127. The van der Waals surface area contributed by atoms with Gasteiger partial charge >= 0.3 is 0 Å². The highest BCUT2D eigenvalue weighted by Crippen LogP contribution is 2.21. The molecule has 1 N–H and O–H groups in total. The first-order valence-corrected chi connectivity index (χ1v) is 6.42. The van der Waals surface area contributed by atoms with Crippen LogP contribution in [0.5, 0.6) is 0 Å². The zero-order valence-electron chi connectivity index (χ0n) is 11.2. The molecule has 1 saturated heterocycles. The van der Waals surface area contributed by atoms with Crippen molar-refractivity contribution in [1.29, 1.82) is 0 Å². The standard InChI is InChI=1S/C14H20N2O2/c1-9-7-10(2)15-11(3)14(9)16-13(17)8-12-5-4-6-18-12/h7,12H,4-6,8H2,1-3H3,(H,16,17). The van der Waals surface area contributed by atoms with Crippen LogP contribution in [0.4, 0.5) is 5.69 Å². The molecule has 1 aliphatic rings. The van der Waals surface area contributed by atoms with Crippen LogP contribution in [0.3, 0.4) is 0 Å². The van der Waals surface area contributed by atoms with E-state index in [1.165, 1.54) is 0 Å². The number of aromatic nitrogens is 1. The molecule has 1 unspecified atom stereocenters. The van der Waals surface area contributed by atoms with E-state index in [4.69, 9.17) is 4.74 Å². The molecule has 1 aliphatic heterocycles. The van der Waals surface area contributed by atoms with E-state index in [1.54, 1.807) is 0 Å². The highest BCUT2D eigenvalue weighted by atomic mass is 16.5. The summed E-state index contributed by atoms with van der Waals surface area (Å²) in [6, 6.07) is 1.98. The van der Waals surface area contributed by atoms with Crippen LogP contribution in [0.2, 0.25) is 0 Å². The van der Waals surface area contributed by atoms with Crippen LogP contribution in [0.25, 0.3) is 0 Å². The average molecular weight is 248 g/mol. The number of carbonyl (C=O) groups excluding carboxylic acids is 1. The Morgan fingerprint density at radius 1 is 1.50 bits per heavy atom. The second-order valence-corrected chi connectivity index (χ2v) is 4.93. The summed E-state index contributed by atoms with van der Waals surface area (Å²) in [6.07, 6.45) is 2.57. The molecule has 0 spiro atoms. The summed E-state index contributed by atoms with van der Waals surface area (Å²) in [7, 11) is 0. The number of ether oxygens (including phenoxy) is 1. The Balaban J connectivity index is 2.02. The van der Waals surface area contributed by atoms with Crippen LogP contribution >= 0.6 is 0 Å². The van der Waals surface area contributed by atoms with E-state index < -0.39 is 0 Å². The molecule has 1 amide bonds. The number of aryl methyl sites for hydroxylation is 3. The SMILES string of the molecule is Cc1cc(C)c(NC(=O)CC2CCCO2)c(C)n1. The Morgan fingerprint density at radius 2 is 2.28 bits per heavy atom. The molecule has 0 aromatic carbocycles. The van der Waals surface area contributed by atoms with Crippen molar-refractivity contribution in [2.24, 2.45) is 0 Å². The molecule has 1 aromatic rings. The zero-order valence-corrected chi connectivity index (χ0v) is 11.2. The van der Waals surface area contributed by atoms with Gasteiger partial charge in [0.15, 0.2) is 0 Å². The Bertz CT molecular complexity index is 428. The van der Waals surface area contributed by atoms with Gasteiger partial charge in [0.2, 0.25) is 5.91 Å². The van der Waals surface area contributed by atoms with E-state index in [-0.39, 0.29) is 12.0 Å². The predicted octanol–water partition coefficient (Wildman–Crippen LogP) is 2.51. The lowest BCUT2D eigenvalue weighted by Crippen LogP contribution is -2.20. The molecule has 2 rings (SSSR count). The van der Waals surface area contributed by atoms with Crippen LogP contribution in [-0.2, 0) is 9.53 Å². The number of rotatable bonds is 3. The van der Waals surface area contributed by atoms with Crippen molar-refractivity contribution >= 4 is 11.6 Å². The molecule has 4 nitrogen and oxygen atoms in total. The molecule has 18 heavy (non-hydrogen) atoms. The maximum Gasteiger partial charge on any atom is 0.227 e. The third kappa shape index (κ3) is 3.07.